The number of likely N-dealkylation sites (tertiary alicyclic amines) is 1. The van der Waals surface area contributed by atoms with E-state index in [1.165, 1.54) is 37.9 Å². The zero-order valence-electron chi connectivity index (χ0n) is 17.1. The quantitative estimate of drug-likeness (QED) is 0.445. The van der Waals surface area contributed by atoms with E-state index >= 15 is 0 Å². The first-order chi connectivity index (χ1) is 14.6. The van der Waals surface area contributed by atoms with Gasteiger partial charge in [0.25, 0.3) is 5.91 Å². The summed E-state index contributed by atoms with van der Waals surface area (Å²) in [6.07, 6.45) is 3.90. The first-order valence-electron chi connectivity index (χ1n) is 10.3. The summed E-state index contributed by atoms with van der Waals surface area (Å²) in [7, 11) is 1.61. The molecule has 0 spiro atoms. The number of benzene rings is 2. The van der Waals surface area contributed by atoms with Gasteiger partial charge < -0.3 is 20.8 Å². The second-order valence-corrected chi connectivity index (χ2v) is 7.57. The number of aromatic nitrogens is 1. The van der Waals surface area contributed by atoms with Crippen LogP contribution in [0.15, 0.2) is 53.5 Å². The number of carbonyl (C=O) groups is 1. The fraction of sp³-hybridized carbons (Fsp3) is 0.304. The Kier molecular flexibility index (Phi) is 5.99. The van der Waals surface area contributed by atoms with Crippen LogP contribution >= 0.6 is 0 Å². The van der Waals surface area contributed by atoms with Gasteiger partial charge in [0.05, 0.1) is 0 Å². The third-order valence-electron chi connectivity index (χ3n) is 5.29. The molecule has 3 aromatic rings. The van der Waals surface area contributed by atoms with Crippen molar-refractivity contribution in [1.82, 2.24) is 15.2 Å². The number of aromatic amines is 1. The molecule has 1 fully saturated rings. The Balaban J connectivity index is 1.48. The van der Waals surface area contributed by atoms with Gasteiger partial charge in [-0.15, -0.1) is 0 Å². The summed E-state index contributed by atoms with van der Waals surface area (Å²) in [4.78, 5) is 21.6. The SMILES string of the molecule is CNC(N)=NC(=O)c1cc2ccc(Oc3cccc(CN4CCCCC4)c3)cc2[nH]1. The first kappa shape index (κ1) is 20.0. The predicted molar refractivity (Wildman–Crippen MR) is 119 cm³/mol. The van der Waals surface area contributed by atoms with Crippen molar-refractivity contribution in [2.75, 3.05) is 20.1 Å². The van der Waals surface area contributed by atoms with Gasteiger partial charge in [0, 0.05) is 30.6 Å². The van der Waals surface area contributed by atoms with Crippen LogP contribution in [0.5, 0.6) is 11.5 Å². The molecule has 0 saturated carbocycles. The smallest absolute Gasteiger partial charge is 0.296 e. The average Bonchev–Trinajstić information content (AvgIpc) is 3.18. The molecule has 1 aliphatic heterocycles. The summed E-state index contributed by atoms with van der Waals surface area (Å²) in [6.45, 7) is 3.29. The molecule has 4 rings (SSSR count). The Bertz CT molecular complexity index is 1070. The monoisotopic (exact) mass is 405 g/mol. The zero-order chi connectivity index (χ0) is 20.9. The van der Waals surface area contributed by atoms with E-state index in [-0.39, 0.29) is 5.96 Å². The molecule has 1 aliphatic rings. The molecule has 30 heavy (non-hydrogen) atoms. The third kappa shape index (κ3) is 4.80. The minimum absolute atomic E-state index is 0.0760. The van der Waals surface area contributed by atoms with Gasteiger partial charge in [-0.3, -0.25) is 9.69 Å². The van der Waals surface area contributed by atoms with Crippen LogP contribution in [0.1, 0.15) is 35.3 Å². The van der Waals surface area contributed by atoms with Gasteiger partial charge in [-0.25, -0.2) is 0 Å². The van der Waals surface area contributed by atoms with Crippen molar-refractivity contribution in [3.8, 4) is 11.5 Å². The van der Waals surface area contributed by atoms with Gasteiger partial charge in [0.1, 0.15) is 17.2 Å². The van der Waals surface area contributed by atoms with Crippen molar-refractivity contribution in [3.05, 3.63) is 59.8 Å². The number of guanidine groups is 1. The van der Waals surface area contributed by atoms with E-state index in [1.54, 1.807) is 13.1 Å². The predicted octanol–water partition coefficient (Wildman–Crippen LogP) is 3.62. The van der Waals surface area contributed by atoms with Crippen LogP contribution in [0.4, 0.5) is 0 Å². The van der Waals surface area contributed by atoms with E-state index in [0.717, 1.165) is 23.2 Å². The summed E-state index contributed by atoms with van der Waals surface area (Å²) >= 11 is 0. The molecule has 7 heteroatoms. The second kappa shape index (κ2) is 9.00. The molecular formula is C23H27N5O2. The van der Waals surface area contributed by atoms with Crippen molar-refractivity contribution in [2.24, 2.45) is 10.7 Å². The van der Waals surface area contributed by atoms with Crippen LogP contribution in [-0.2, 0) is 6.54 Å². The number of nitrogens with two attached hydrogens (primary N) is 1. The first-order valence-corrected chi connectivity index (χ1v) is 10.3. The lowest BCUT2D eigenvalue weighted by molar-refractivity contribution is 0.0998. The van der Waals surface area contributed by atoms with Crippen molar-refractivity contribution in [3.63, 3.8) is 0 Å². The molecule has 7 nitrogen and oxygen atoms in total. The third-order valence-corrected chi connectivity index (χ3v) is 5.29. The fourth-order valence-electron chi connectivity index (χ4n) is 3.73. The topological polar surface area (TPSA) is 95.7 Å². The van der Waals surface area contributed by atoms with Crippen molar-refractivity contribution < 1.29 is 9.53 Å². The number of hydrogen-bond acceptors (Lipinski definition) is 3. The molecule has 2 heterocycles. The molecule has 1 aromatic heterocycles. The number of nitrogens with one attached hydrogen (secondary N) is 2. The number of hydrogen-bond donors (Lipinski definition) is 3. The molecule has 0 bridgehead atoms. The highest BCUT2D eigenvalue weighted by Crippen LogP contribution is 2.27. The van der Waals surface area contributed by atoms with Gasteiger partial charge in [0.2, 0.25) is 0 Å². The summed E-state index contributed by atoms with van der Waals surface area (Å²) in [5, 5.41) is 3.54. The molecule has 0 atom stereocenters. The lowest BCUT2D eigenvalue weighted by Crippen LogP contribution is -2.29. The Morgan fingerprint density at radius 1 is 1.13 bits per heavy atom. The summed E-state index contributed by atoms with van der Waals surface area (Å²) < 4.78 is 6.09. The van der Waals surface area contributed by atoms with Gasteiger partial charge in [-0.2, -0.15) is 4.99 Å². The van der Waals surface area contributed by atoms with Crippen LogP contribution in [0.3, 0.4) is 0 Å². The number of nitrogens with zero attached hydrogens (tertiary/aromatic N) is 2. The maximum Gasteiger partial charge on any atom is 0.296 e. The van der Waals surface area contributed by atoms with Crippen LogP contribution < -0.4 is 15.8 Å². The molecule has 0 unspecified atom stereocenters. The Hall–Kier alpha value is -3.32. The number of ether oxygens (including phenoxy) is 1. The van der Waals surface area contributed by atoms with E-state index in [9.17, 15) is 4.79 Å². The number of rotatable bonds is 5. The van der Waals surface area contributed by atoms with E-state index in [0.29, 0.717) is 11.4 Å². The minimum atomic E-state index is -0.425. The highest BCUT2D eigenvalue weighted by molar-refractivity contribution is 6.04. The standard InChI is InChI=1S/C23H27N5O2/c1-25-23(24)27-22(29)21-13-17-8-9-19(14-20(17)26-21)30-18-7-5-6-16(12-18)15-28-10-3-2-4-11-28/h5-9,12-14,26H,2-4,10-11,15H2,1H3,(H3,24,25,27,29). The largest absolute Gasteiger partial charge is 0.457 e. The van der Waals surface area contributed by atoms with Gasteiger partial charge in [0.15, 0.2) is 5.96 Å². The van der Waals surface area contributed by atoms with Gasteiger partial charge in [-0.1, -0.05) is 18.6 Å². The number of amides is 1. The number of carbonyl (C=O) groups excluding carboxylic acids is 1. The van der Waals surface area contributed by atoms with Crippen LogP contribution in [0.2, 0.25) is 0 Å². The molecule has 0 aliphatic carbocycles. The lowest BCUT2D eigenvalue weighted by Gasteiger charge is -2.26. The maximum absolute atomic E-state index is 12.2. The lowest BCUT2D eigenvalue weighted by atomic mass is 10.1. The molecule has 2 aromatic carbocycles. The summed E-state index contributed by atoms with van der Waals surface area (Å²) in [6, 6.07) is 15.7. The Morgan fingerprint density at radius 2 is 1.93 bits per heavy atom. The number of piperidine rings is 1. The highest BCUT2D eigenvalue weighted by atomic mass is 16.5. The van der Waals surface area contributed by atoms with E-state index in [1.807, 2.05) is 30.3 Å². The number of fused-ring (bicyclic) bond motifs is 1. The number of H-pyrrole nitrogens is 1. The van der Waals surface area contributed by atoms with Gasteiger partial charge in [-0.05, 0) is 61.8 Å². The summed E-state index contributed by atoms with van der Waals surface area (Å²) in [5.41, 5.74) is 8.00. The fourth-order valence-corrected chi connectivity index (χ4v) is 3.73. The average molecular weight is 406 g/mol. The van der Waals surface area contributed by atoms with Crippen molar-refractivity contribution in [1.29, 1.82) is 0 Å². The van der Waals surface area contributed by atoms with E-state index in [2.05, 4.69) is 32.3 Å². The van der Waals surface area contributed by atoms with Crippen LogP contribution in [-0.4, -0.2) is 41.9 Å². The zero-order valence-corrected chi connectivity index (χ0v) is 17.1. The van der Waals surface area contributed by atoms with Crippen molar-refractivity contribution in [2.45, 2.75) is 25.8 Å². The van der Waals surface area contributed by atoms with E-state index < -0.39 is 5.91 Å². The second-order valence-electron chi connectivity index (χ2n) is 7.57. The van der Waals surface area contributed by atoms with Crippen molar-refractivity contribution >= 4 is 22.8 Å². The van der Waals surface area contributed by atoms with Crippen LogP contribution in [0, 0.1) is 0 Å². The Labute approximate surface area is 175 Å². The number of aliphatic imine (C=N–C) groups is 1. The highest BCUT2D eigenvalue weighted by Gasteiger charge is 2.12. The molecule has 0 radical (unpaired) electrons. The maximum atomic E-state index is 12.2. The molecule has 1 saturated heterocycles. The van der Waals surface area contributed by atoms with Gasteiger partial charge >= 0.3 is 0 Å². The molecule has 156 valence electrons. The normalized spacial score (nSPS) is 15.3. The molecular weight excluding hydrogens is 378 g/mol. The molecule has 4 N–H and O–H groups in total. The summed E-state index contributed by atoms with van der Waals surface area (Å²) in [5.74, 6) is 1.16. The van der Waals surface area contributed by atoms with E-state index in [4.69, 9.17) is 10.5 Å². The molecule has 1 amide bonds. The minimum Gasteiger partial charge on any atom is -0.457 e. The van der Waals surface area contributed by atoms with Crippen LogP contribution in [0.25, 0.3) is 10.9 Å². The Morgan fingerprint density at radius 3 is 2.73 bits per heavy atom.